The fourth-order valence-corrected chi connectivity index (χ4v) is 2.25. The SMILES string of the molecule is C=C(C)CN1CCC2C(=O)NC(=O)NC2C1=O.CC. The molecule has 0 radical (unpaired) electrons. The Bertz CT molecular complexity index is 406. The van der Waals surface area contributed by atoms with Gasteiger partial charge in [-0.2, -0.15) is 0 Å². The van der Waals surface area contributed by atoms with Crippen LogP contribution in [0.4, 0.5) is 4.79 Å². The van der Waals surface area contributed by atoms with Gasteiger partial charge in [-0.3, -0.25) is 14.9 Å². The summed E-state index contributed by atoms with van der Waals surface area (Å²) in [4.78, 5) is 36.4. The lowest BCUT2D eigenvalue weighted by molar-refractivity contribution is -0.143. The molecule has 0 aromatic rings. The molecule has 106 valence electrons. The molecule has 2 saturated heterocycles. The van der Waals surface area contributed by atoms with Crippen molar-refractivity contribution in [3.8, 4) is 0 Å². The van der Waals surface area contributed by atoms with Crippen LogP contribution >= 0.6 is 0 Å². The van der Waals surface area contributed by atoms with Crippen LogP contribution in [-0.4, -0.2) is 41.9 Å². The van der Waals surface area contributed by atoms with Gasteiger partial charge in [0.2, 0.25) is 11.8 Å². The molecule has 2 aliphatic rings. The Morgan fingerprint density at radius 3 is 2.58 bits per heavy atom. The molecule has 0 saturated carbocycles. The standard InChI is InChI=1S/C11H15N3O3.C2H6/c1-6(2)5-14-4-3-7-8(10(14)16)12-11(17)13-9(7)15;1-2/h7-8H,1,3-5H2,2H3,(H2,12,13,15,17);1-2H3. The van der Waals surface area contributed by atoms with E-state index in [1.54, 1.807) is 4.90 Å². The highest BCUT2D eigenvalue weighted by Crippen LogP contribution is 2.22. The highest BCUT2D eigenvalue weighted by atomic mass is 16.2. The topological polar surface area (TPSA) is 78.5 Å². The minimum atomic E-state index is -0.718. The lowest BCUT2D eigenvalue weighted by atomic mass is 9.88. The molecule has 2 aliphatic heterocycles. The molecule has 0 aromatic heterocycles. The van der Waals surface area contributed by atoms with Gasteiger partial charge in [0.15, 0.2) is 0 Å². The fourth-order valence-electron chi connectivity index (χ4n) is 2.25. The largest absolute Gasteiger partial charge is 0.337 e. The predicted molar refractivity (Wildman–Crippen MR) is 71.3 cm³/mol. The van der Waals surface area contributed by atoms with Crippen molar-refractivity contribution in [3.63, 3.8) is 0 Å². The molecule has 6 heteroatoms. The Morgan fingerprint density at radius 1 is 1.37 bits per heavy atom. The third-order valence-electron chi connectivity index (χ3n) is 3.01. The van der Waals surface area contributed by atoms with Gasteiger partial charge in [-0.05, 0) is 13.3 Å². The zero-order chi connectivity index (χ0) is 14.6. The lowest BCUT2D eigenvalue weighted by Crippen LogP contribution is -2.66. The van der Waals surface area contributed by atoms with Crippen molar-refractivity contribution in [1.82, 2.24) is 15.5 Å². The Hall–Kier alpha value is -1.85. The van der Waals surface area contributed by atoms with Crippen LogP contribution < -0.4 is 10.6 Å². The number of hydrogen-bond donors (Lipinski definition) is 2. The number of rotatable bonds is 2. The lowest BCUT2D eigenvalue weighted by Gasteiger charge is -2.39. The highest BCUT2D eigenvalue weighted by Gasteiger charge is 2.44. The summed E-state index contributed by atoms with van der Waals surface area (Å²) in [5, 5.41) is 4.69. The third kappa shape index (κ3) is 3.33. The van der Waals surface area contributed by atoms with E-state index in [1.807, 2.05) is 20.8 Å². The molecule has 19 heavy (non-hydrogen) atoms. The maximum absolute atomic E-state index is 12.1. The quantitative estimate of drug-likeness (QED) is 0.721. The van der Waals surface area contributed by atoms with Gasteiger partial charge in [-0.15, -0.1) is 0 Å². The maximum Gasteiger partial charge on any atom is 0.322 e. The number of likely N-dealkylation sites (tertiary alicyclic amines) is 1. The molecule has 2 N–H and O–H groups in total. The van der Waals surface area contributed by atoms with Gasteiger partial charge in [0.1, 0.15) is 6.04 Å². The minimum absolute atomic E-state index is 0.201. The van der Waals surface area contributed by atoms with Crippen molar-refractivity contribution in [2.45, 2.75) is 33.2 Å². The van der Waals surface area contributed by atoms with E-state index in [4.69, 9.17) is 0 Å². The van der Waals surface area contributed by atoms with Crippen LogP contribution in [0.1, 0.15) is 27.2 Å². The van der Waals surface area contributed by atoms with E-state index in [0.29, 0.717) is 19.5 Å². The van der Waals surface area contributed by atoms with Gasteiger partial charge in [0.25, 0.3) is 0 Å². The van der Waals surface area contributed by atoms with Crippen LogP contribution in [0, 0.1) is 5.92 Å². The number of carbonyl (C=O) groups is 3. The van der Waals surface area contributed by atoms with E-state index >= 15 is 0 Å². The molecule has 0 bridgehead atoms. The van der Waals surface area contributed by atoms with Crippen LogP contribution in [0.5, 0.6) is 0 Å². The first-order valence-electron chi connectivity index (χ1n) is 6.53. The Kier molecular flexibility index (Phi) is 5.09. The number of nitrogens with zero attached hydrogens (tertiary/aromatic N) is 1. The van der Waals surface area contributed by atoms with Crippen LogP contribution in [0.15, 0.2) is 12.2 Å². The number of hydrogen-bond acceptors (Lipinski definition) is 3. The molecular weight excluding hydrogens is 246 g/mol. The molecule has 4 amide bonds. The van der Waals surface area contributed by atoms with Crippen LogP contribution in [-0.2, 0) is 9.59 Å². The average Bonchev–Trinajstić information content (AvgIpc) is 2.35. The molecule has 2 atom stereocenters. The molecule has 2 unspecified atom stereocenters. The number of carbonyl (C=O) groups excluding carboxylic acids is 3. The van der Waals surface area contributed by atoms with Crippen molar-refractivity contribution in [3.05, 3.63) is 12.2 Å². The minimum Gasteiger partial charge on any atom is -0.337 e. The summed E-state index contributed by atoms with van der Waals surface area (Å²) in [5.41, 5.74) is 0.878. The zero-order valence-corrected chi connectivity index (χ0v) is 11.7. The Balaban J connectivity index is 0.000000861. The summed E-state index contributed by atoms with van der Waals surface area (Å²) in [5.74, 6) is -1.00. The van der Waals surface area contributed by atoms with Crippen LogP contribution in [0.25, 0.3) is 0 Å². The average molecular weight is 267 g/mol. The van der Waals surface area contributed by atoms with Crippen LogP contribution in [0.3, 0.4) is 0 Å². The zero-order valence-electron chi connectivity index (χ0n) is 11.7. The smallest absolute Gasteiger partial charge is 0.322 e. The molecule has 0 spiro atoms. The van der Waals surface area contributed by atoms with Crippen molar-refractivity contribution >= 4 is 17.8 Å². The van der Waals surface area contributed by atoms with Crippen molar-refractivity contribution in [2.75, 3.05) is 13.1 Å². The van der Waals surface area contributed by atoms with Crippen molar-refractivity contribution in [1.29, 1.82) is 0 Å². The van der Waals surface area contributed by atoms with E-state index in [9.17, 15) is 14.4 Å². The highest BCUT2D eigenvalue weighted by molar-refractivity contribution is 6.04. The molecule has 2 rings (SSSR count). The monoisotopic (exact) mass is 267 g/mol. The molecule has 0 aliphatic carbocycles. The van der Waals surface area contributed by atoms with Gasteiger partial charge in [0.05, 0.1) is 5.92 Å². The first kappa shape index (κ1) is 15.2. The summed E-state index contributed by atoms with van der Waals surface area (Å²) in [6.07, 6.45) is 0.565. The summed E-state index contributed by atoms with van der Waals surface area (Å²) >= 11 is 0. The van der Waals surface area contributed by atoms with E-state index in [0.717, 1.165) is 5.57 Å². The van der Waals surface area contributed by atoms with E-state index < -0.39 is 18.0 Å². The van der Waals surface area contributed by atoms with Crippen molar-refractivity contribution < 1.29 is 14.4 Å². The first-order chi connectivity index (χ1) is 8.99. The molecule has 2 heterocycles. The predicted octanol–water partition coefficient (Wildman–Crippen LogP) is 0.645. The molecule has 6 nitrogen and oxygen atoms in total. The maximum atomic E-state index is 12.1. The number of fused-ring (bicyclic) bond motifs is 1. The van der Waals surface area contributed by atoms with E-state index in [2.05, 4.69) is 17.2 Å². The van der Waals surface area contributed by atoms with Gasteiger partial charge in [0, 0.05) is 13.1 Å². The number of imide groups is 1. The number of nitrogens with one attached hydrogen (secondary N) is 2. The van der Waals surface area contributed by atoms with Crippen molar-refractivity contribution in [2.24, 2.45) is 5.92 Å². The molecule has 2 fully saturated rings. The first-order valence-corrected chi connectivity index (χ1v) is 6.53. The molecule has 0 aromatic carbocycles. The second-order valence-corrected chi connectivity index (χ2v) is 4.55. The van der Waals surface area contributed by atoms with Crippen LogP contribution in [0.2, 0.25) is 0 Å². The summed E-state index contributed by atoms with van der Waals surface area (Å²) < 4.78 is 0. The summed E-state index contributed by atoms with van der Waals surface area (Å²) in [6, 6.07) is -1.31. The second-order valence-electron chi connectivity index (χ2n) is 4.55. The summed E-state index contributed by atoms with van der Waals surface area (Å²) in [7, 11) is 0. The van der Waals surface area contributed by atoms with Gasteiger partial charge in [-0.1, -0.05) is 26.0 Å². The number of urea groups is 1. The normalized spacial score (nSPS) is 25.6. The molecular formula is C13H21N3O3. The van der Waals surface area contributed by atoms with E-state index in [-0.39, 0.29) is 11.8 Å². The van der Waals surface area contributed by atoms with E-state index in [1.165, 1.54) is 0 Å². The summed E-state index contributed by atoms with van der Waals surface area (Å²) in [6.45, 7) is 10.6. The number of piperidine rings is 1. The number of amides is 4. The Labute approximate surface area is 113 Å². The Morgan fingerprint density at radius 2 is 2.00 bits per heavy atom. The van der Waals surface area contributed by atoms with Gasteiger partial charge >= 0.3 is 6.03 Å². The fraction of sp³-hybridized carbons (Fsp3) is 0.615. The third-order valence-corrected chi connectivity index (χ3v) is 3.01. The second kappa shape index (κ2) is 6.36. The van der Waals surface area contributed by atoms with Gasteiger partial charge < -0.3 is 10.2 Å². The van der Waals surface area contributed by atoms with Gasteiger partial charge in [-0.25, -0.2) is 4.79 Å².